The summed E-state index contributed by atoms with van der Waals surface area (Å²) in [7, 11) is 0. The molecule has 1 N–H and O–H groups in total. The van der Waals surface area contributed by atoms with Gasteiger partial charge in [0.15, 0.2) is 0 Å². The van der Waals surface area contributed by atoms with Crippen LogP contribution < -0.4 is 5.32 Å². The summed E-state index contributed by atoms with van der Waals surface area (Å²) in [5.74, 6) is 0.776. The van der Waals surface area contributed by atoms with E-state index in [9.17, 15) is 0 Å². The van der Waals surface area contributed by atoms with Crippen LogP contribution in [0.25, 0.3) is 0 Å². The molecule has 0 aliphatic carbocycles. The number of hydrogen-bond acceptors (Lipinski definition) is 1. The molecule has 1 aromatic rings. The van der Waals surface area contributed by atoms with E-state index in [1.165, 1.54) is 24.0 Å². The lowest BCUT2D eigenvalue weighted by Gasteiger charge is -2.29. The van der Waals surface area contributed by atoms with Crippen LogP contribution in [-0.4, -0.2) is 6.04 Å². The maximum absolute atomic E-state index is 3.69. The number of nitrogens with one attached hydrogen (secondary N) is 1. The second kappa shape index (κ2) is 5.05. The molecule has 0 saturated heterocycles. The minimum absolute atomic E-state index is 0.254. The zero-order valence-corrected chi connectivity index (χ0v) is 12.5. The Morgan fingerprint density at radius 1 is 1.22 bits per heavy atom. The Bertz CT molecular complexity index is 412. The predicted molar refractivity (Wildman–Crippen MR) is 78.9 cm³/mol. The summed E-state index contributed by atoms with van der Waals surface area (Å²) in [4.78, 5) is 0. The smallest absolute Gasteiger partial charge is 0.0211 e. The minimum atomic E-state index is 0.254. The van der Waals surface area contributed by atoms with Gasteiger partial charge in [0.2, 0.25) is 0 Å². The fourth-order valence-electron chi connectivity index (χ4n) is 2.78. The second-order valence-electron chi connectivity index (χ2n) is 7.14. The first-order valence-electron chi connectivity index (χ1n) is 7.22. The van der Waals surface area contributed by atoms with Gasteiger partial charge in [-0.05, 0) is 40.9 Å². The van der Waals surface area contributed by atoms with E-state index in [2.05, 4.69) is 58.1 Å². The van der Waals surface area contributed by atoms with Crippen molar-refractivity contribution in [3.8, 4) is 0 Å². The van der Waals surface area contributed by atoms with Gasteiger partial charge in [-0.3, -0.25) is 0 Å². The minimum Gasteiger partial charge on any atom is -0.310 e. The van der Waals surface area contributed by atoms with Crippen molar-refractivity contribution in [1.29, 1.82) is 0 Å². The normalized spacial score (nSPS) is 20.0. The van der Waals surface area contributed by atoms with Crippen molar-refractivity contribution in [2.45, 2.75) is 65.5 Å². The lowest BCUT2D eigenvalue weighted by atomic mass is 9.83. The Morgan fingerprint density at radius 3 is 2.56 bits per heavy atom. The van der Waals surface area contributed by atoms with E-state index < -0.39 is 0 Å². The highest BCUT2D eigenvalue weighted by Crippen LogP contribution is 2.27. The molecule has 1 aliphatic heterocycles. The fourth-order valence-corrected chi connectivity index (χ4v) is 2.78. The summed E-state index contributed by atoms with van der Waals surface area (Å²) in [6.07, 6.45) is 2.47. The van der Waals surface area contributed by atoms with E-state index in [-0.39, 0.29) is 5.41 Å². The molecule has 0 bridgehead atoms. The molecule has 0 radical (unpaired) electrons. The lowest BCUT2D eigenvalue weighted by Crippen LogP contribution is -2.36. The summed E-state index contributed by atoms with van der Waals surface area (Å²) in [6, 6.07) is 7.73. The Hall–Kier alpha value is -0.820. The maximum Gasteiger partial charge on any atom is 0.0211 e. The monoisotopic (exact) mass is 245 g/mol. The van der Waals surface area contributed by atoms with E-state index in [1.807, 2.05) is 0 Å². The summed E-state index contributed by atoms with van der Waals surface area (Å²) in [6.45, 7) is 12.5. The van der Waals surface area contributed by atoms with Crippen LogP contribution in [0, 0.1) is 5.92 Å². The van der Waals surface area contributed by atoms with Gasteiger partial charge in [0.25, 0.3) is 0 Å². The maximum atomic E-state index is 3.69. The number of fused-ring (bicyclic) bond motifs is 1. The van der Waals surface area contributed by atoms with Gasteiger partial charge in [-0.15, -0.1) is 0 Å². The molecular formula is C17H27N. The van der Waals surface area contributed by atoms with Crippen LogP contribution in [0.3, 0.4) is 0 Å². The molecule has 0 amide bonds. The number of rotatable bonds is 2. The van der Waals surface area contributed by atoms with Crippen molar-refractivity contribution < 1.29 is 0 Å². The first kappa shape index (κ1) is 13.6. The van der Waals surface area contributed by atoms with Crippen LogP contribution in [0.4, 0.5) is 0 Å². The average molecular weight is 245 g/mol. The van der Waals surface area contributed by atoms with E-state index in [0.717, 1.165) is 12.5 Å². The van der Waals surface area contributed by atoms with Gasteiger partial charge in [-0.25, -0.2) is 0 Å². The Kier molecular flexibility index (Phi) is 3.82. The summed E-state index contributed by atoms with van der Waals surface area (Å²) < 4.78 is 0. The lowest BCUT2D eigenvalue weighted by molar-refractivity contribution is 0.397. The first-order chi connectivity index (χ1) is 8.36. The third-order valence-corrected chi connectivity index (χ3v) is 3.88. The molecule has 1 aromatic carbocycles. The molecule has 100 valence electrons. The molecule has 1 heterocycles. The van der Waals surface area contributed by atoms with Crippen molar-refractivity contribution >= 4 is 0 Å². The average Bonchev–Trinajstić information content (AvgIpc) is 2.26. The van der Waals surface area contributed by atoms with Gasteiger partial charge in [0, 0.05) is 12.6 Å². The van der Waals surface area contributed by atoms with Crippen molar-refractivity contribution in [3.05, 3.63) is 34.9 Å². The van der Waals surface area contributed by atoms with Gasteiger partial charge in [-0.2, -0.15) is 0 Å². The molecule has 1 heteroatoms. The Morgan fingerprint density at radius 2 is 1.94 bits per heavy atom. The third kappa shape index (κ3) is 3.14. The summed E-state index contributed by atoms with van der Waals surface area (Å²) >= 11 is 0. The zero-order valence-electron chi connectivity index (χ0n) is 12.5. The molecule has 0 fully saturated rings. The summed E-state index contributed by atoms with van der Waals surface area (Å²) in [5, 5.41) is 3.69. The van der Waals surface area contributed by atoms with Crippen molar-refractivity contribution in [3.63, 3.8) is 0 Å². The Balaban J connectivity index is 2.16. The third-order valence-electron chi connectivity index (χ3n) is 3.88. The van der Waals surface area contributed by atoms with E-state index in [4.69, 9.17) is 0 Å². The van der Waals surface area contributed by atoms with Gasteiger partial charge in [0.05, 0.1) is 0 Å². The molecule has 1 unspecified atom stereocenters. The molecule has 2 rings (SSSR count). The van der Waals surface area contributed by atoms with Crippen LogP contribution >= 0.6 is 0 Å². The first-order valence-corrected chi connectivity index (χ1v) is 7.22. The molecule has 18 heavy (non-hydrogen) atoms. The SMILES string of the molecule is CC(C)CC1Cc2ccc(C(C)(C)C)cc2CN1. The van der Waals surface area contributed by atoms with Crippen molar-refractivity contribution in [1.82, 2.24) is 5.32 Å². The number of hydrogen-bond donors (Lipinski definition) is 1. The molecule has 1 atom stereocenters. The zero-order chi connectivity index (χ0) is 13.3. The topological polar surface area (TPSA) is 12.0 Å². The van der Waals surface area contributed by atoms with Gasteiger partial charge < -0.3 is 5.32 Å². The predicted octanol–water partition coefficient (Wildman–Crippen LogP) is 4.04. The van der Waals surface area contributed by atoms with Crippen LogP contribution in [0.1, 0.15) is 57.7 Å². The highest BCUT2D eigenvalue weighted by molar-refractivity contribution is 5.37. The van der Waals surface area contributed by atoms with Crippen molar-refractivity contribution in [2.75, 3.05) is 0 Å². The van der Waals surface area contributed by atoms with Gasteiger partial charge in [0.1, 0.15) is 0 Å². The van der Waals surface area contributed by atoms with Crippen molar-refractivity contribution in [2.24, 2.45) is 5.92 Å². The molecule has 0 aromatic heterocycles. The molecule has 0 spiro atoms. The van der Waals surface area contributed by atoms with Gasteiger partial charge >= 0.3 is 0 Å². The summed E-state index contributed by atoms with van der Waals surface area (Å²) in [5.41, 5.74) is 4.75. The van der Waals surface area contributed by atoms with E-state index in [0.29, 0.717) is 6.04 Å². The van der Waals surface area contributed by atoms with Gasteiger partial charge in [-0.1, -0.05) is 52.8 Å². The quantitative estimate of drug-likeness (QED) is 0.829. The second-order valence-corrected chi connectivity index (χ2v) is 7.14. The highest BCUT2D eigenvalue weighted by Gasteiger charge is 2.21. The van der Waals surface area contributed by atoms with Crippen LogP contribution in [-0.2, 0) is 18.4 Å². The van der Waals surface area contributed by atoms with Crippen LogP contribution in [0.5, 0.6) is 0 Å². The Labute approximate surface area is 112 Å². The standard InChI is InChI=1S/C17H27N/c1-12(2)8-16-10-13-6-7-15(17(3,4)5)9-14(13)11-18-16/h6-7,9,12,16,18H,8,10-11H2,1-5H3. The largest absolute Gasteiger partial charge is 0.310 e. The molecule has 0 saturated carbocycles. The number of benzene rings is 1. The molecular weight excluding hydrogens is 218 g/mol. The highest BCUT2D eigenvalue weighted by atomic mass is 14.9. The van der Waals surface area contributed by atoms with E-state index in [1.54, 1.807) is 5.56 Å². The van der Waals surface area contributed by atoms with E-state index >= 15 is 0 Å². The fraction of sp³-hybridized carbons (Fsp3) is 0.647. The van der Waals surface area contributed by atoms with Crippen LogP contribution in [0.15, 0.2) is 18.2 Å². The van der Waals surface area contributed by atoms with Crippen LogP contribution in [0.2, 0.25) is 0 Å². The molecule has 1 nitrogen and oxygen atoms in total. The molecule has 1 aliphatic rings.